The number of benzene rings is 1. The van der Waals surface area contributed by atoms with Crippen LogP contribution in [-0.4, -0.2) is 50.4 Å². The zero-order chi connectivity index (χ0) is 18.8. The average Bonchev–Trinajstić information content (AvgIpc) is 2.88. The van der Waals surface area contributed by atoms with Gasteiger partial charge in [0, 0.05) is 31.7 Å². The summed E-state index contributed by atoms with van der Waals surface area (Å²) in [6.45, 7) is 10.3. The van der Waals surface area contributed by atoms with Gasteiger partial charge in [0.15, 0.2) is 0 Å². The van der Waals surface area contributed by atoms with Crippen LogP contribution in [0.1, 0.15) is 31.4 Å². The highest BCUT2D eigenvalue weighted by Gasteiger charge is 2.36. The van der Waals surface area contributed by atoms with Gasteiger partial charge >= 0.3 is 0 Å². The number of amides is 2. The van der Waals surface area contributed by atoms with E-state index in [2.05, 4.69) is 24.1 Å². The Morgan fingerprint density at radius 2 is 2.00 bits per heavy atom. The van der Waals surface area contributed by atoms with Crippen molar-refractivity contribution < 1.29 is 9.59 Å². The fourth-order valence-electron chi connectivity index (χ4n) is 3.53. The number of hydrogen-bond acceptors (Lipinski definition) is 3. The molecular weight excluding hydrogens is 314 g/mol. The number of rotatable bonds is 6. The molecule has 5 nitrogen and oxygen atoms in total. The molecule has 0 bridgehead atoms. The SMILES string of the molecule is Cc1cccc(N2CC(C(=O)NCC(C)(C)CN(C)C)CC2=O)c1C. The molecule has 5 heteroatoms. The Hall–Kier alpha value is -1.88. The first kappa shape index (κ1) is 19.4. The molecule has 0 spiro atoms. The van der Waals surface area contributed by atoms with E-state index in [0.29, 0.717) is 13.1 Å². The molecule has 25 heavy (non-hydrogen) atoms. The van der Waals surface area contributed by atoms with E-state index in [1.165, 1.54) is 0 Å². The second kappa shape index (κ2) is 7.56. The highest BCUT2D eigenvalue weighted by molar-refractivity contribution is 6.00. The van der Waals surface area contributed by atoms with Crippen molar-refractivity contribution in [1.29, 1.82) is 0 Å². The van der Waals surface area contributed by atoms with E-state index < -0.39 is 0 Å². The number of nitrogens with one attached hydrogen (secondary N) is 1. The Morgan fingerprint density at radius 3 is 2.64 bits per heavy atom. The van der Waals surface area contributed by atoms with Crippen LogP contribution in [0.25, 0.3) is 0 Å². The lowest BCUT2D eigenvalue weighted by molar-refractivity contribution is -0.126. The van der Waals surface area contributed by atoms with Crippen LogP contribution >= 0.6 is 0 Å². The maximum atomic E-state index is 12.5. The zero-order valence-electron chi connectivity index (χ0n) is 16.3. The predicted molar refractivity (Wildman–Crippen MR) is 102 cm³/mol. The molecule has 0 aromatic heterocycles. The largest absolute Gasteiger partial charge is 0.355 e. The molecule has 1 fully saturated rings. The fourth-order valence-corrected chi connectivity index (χ4v) is 3.53. The molecule has 2 amide bonds. The van der Waals surface area contributed by atoms with Crippen molar-refractivity contribution in [2.45, 2.75) is 34.1 Å². The van der Waals surface area contributed by atoms with E-state index in [1.54, 1.807) is 4.90 Å². The van der Waals surface area contributed by atoms with E-state index in [4.69, 9.17) is 0 Å². The van der Waals surface area contributed by atoms with Gasteiger partial charge in [0.25, 0.3) is 0 Å². The van der Waals surface area contributed by atoms with Gasteiger partial charge in [-0.25, -0.2) is 0 Å². The van der Waals surface area contributed by atoms with Crippen LogP contribution < -0.4 is 10.2 Å². The van der Waals surface area contributed by atoms with E-state index >= 15 is 0 Å². The van der Waals surface area contributed by atoms with Crippen LogP contribution in [0.3, 0.4) is 0 Å². The number of hydrogen-bond donors (Lipinski definition) is 1. The van der Waals surface area contributed by atoms with Crippen molar-refractivity contribution in [3.05, 3.63) is 29.3 Å². The molecule has 1 aliphatic rings. The van der Waals surface area contributed by atoms with Gasteiger partial charge in [-0.1, -0.05) is 26.0 Å². The van der Waals surface area contributed by atoms with Crippen LogP contribution in [0.2, 0.25) is 0 Å². The predicted octanol–water partition coefficient (Wildman–Crippen LogP) is 2.36. The molecule has 0 saturated carbocycles. The normalized spacial score (nSPS) is 18.1. The lowest BCUT2D eigenvalue weighted by Gasteiger charge is -2.29. The van der Waals surface area contributed by atoms with Gasteiger partial charge in [0.05, 0.1) is 5.92 Å². The van der Waals surface area contributed by atoms with Crippen LogP contribution in [0, 0.1) is 25.2 Å². The molecular formula is C20H31N3O2. The molecule has 138 valence electrons. The first-order chi connectivity index (χ1) is 11.6. The standard InChI is InChI=1S/C20H31N3O2/c1-14-8-7-9-17(15(14)2)23-11-16(10-18(23)24)19(25)21-12-20(3,4)13-22(5)6/h7-9,16H,10-13H2,1-6H3,(H,21,25). The molecule has 0 aliphatic carbocycles. The third-order valence-electron chi connectivity index (χ3n) is 4.85. The number of aryl methyl sites for hydroxylation is 1. The van der Waals surface area contributed by atoms with Crippen molar-refractivity contribution in [3.63, 3.8) is 0 Å². The molecule has 1 aliphatic heterocycles. The van der Waals surface area contributed by atoms with Gasteiger partial charge in [0.1, 0.15) is 0 Å². The van der Waals surface area contributed by atoms with Crippen molar-refractivity contribution >= 4 is 17.5 Å². The topological polar surface area (TPSA) is 52.7 Å². The Labute approximate surface area is 151 Å². The summed E-state index contributed by atoms with van der Waals surface area (Å²) >= 11 is 0. The summed E-state index contributed by atoms with van der Waals surface area (Å²) < 4.78 is 0. The van der Waals surface area contributed by atoms with E-state index in [9.17, 15) is 9.59 Å². The van der Waals surface area contributed by atoms with Crippen molar-refractivity contribution in [1.82, 2.24) is 10.2 Å². The minimum atomic E-state index is -0.275. The van der Waals surface area contributed by atoms with Gasteiger partial charge in [-0.05, 0) is 50.6 Å². The molecule has 1 saturated heterocycles. The van der Waals surface area contributed by atoms with Crippen LogP contribution in [0.4, 0.5) is 5.69 Å². The number of carbonyl (C=O) groups excluding carboxylic acids is 2. The summed E-state index contributed by atoms with van der Waals surface area (Å²) in [5.41, 5.74) is 3.18. The third kappa shape index (κ3) is 4.82. The van der Waals surface area contributed by atoms with Crippen LogP contribution in [-0.2, 0) is 9.59 Å². The monoisotopic (exact) mass is 345 g/mol. The van der Waals surface area contributed by atoms with Gasteiger partial charge < -0.3 is 15.1 Å². The van der Waals surface area contributed by atoms with E-state index in [0.717, 1.165) is 23.4 Å². The number of nitrogens with zero attached hydrogens (tertiary/aromatic N) is 2. The minimum absolute atomic E-state index is 0.00537. The molecule has 1 atom stereocenters. The smallest absolute Gasteiger partial charge is 0.227 e. The van der Waals surface area contributed by atoms with Crippen molar-refractivity contribution in [2.75, 3.05) is 38.6 Å². The first-order valence-electron chi connectivity index (χ1n) is 8.90. The minimum Gasteiger partial charge on any atom is -0.355 e. The van der Waals surface area contributed by atoms with E-state index in [-0.39, 0.29) is 29.6 Å². The highest BCUT2D eigenvalue weighted by Crippen LogP contribution is 2.29. The Bertz CT molecular complexity index is 652. The first-order valence-corrected chi connectivity index (χ1v) is 8.90. The van der Waals surface area contributed by atoms with Crippen molar-refractivity contribution in [2.24, 2.45) is 11.3 Å². The Morgan fingerprint density at radius 1 is 1.32 bits per heavy atom. The number of anilines is 1. The third-order valence-corrected chi connectivity index (χ3v) is 4.85. The average molecular weight is 345 g/mol. The molecule has 2 rings (SSSR count). The molecule has 1 N–H and O–H groups in total. The second-order valence-corrected chi connectivity index (χ2v) is 8.24. The Kier molecular flexibility index (Phi) is 5.88. The number of carbonyl (C=O) groups is 2. The fraction of sp³-hybridized carbons (Fsp3) is 0.600. The van der Waals surface area contributed by atoms with E-state index in [1.807, 2.05) is 46.1 Å². The lowest BCUT2D eigenvalue weighted by atomic mass is 9.92. The van der Waals surface area contributed by atoms with Gasteiger partial charge in [0.2, 0.25) is 11.8 Å². The zero-order valence-corrected chi connectivity index (χ0v) is 16.3. The summed E-state index contributed by atoms with van der Waals surface area (Å²) in [5, 5.41) is 3.04. The molecule has 0 radical (unpaired) electrons. The summed E-state index contributed by atoms with van der Waals surface area (Å²) in [6.07, 6.45) is 0.285. The van der Waals surface area contributed by atoms with Crippen LogP contribution in [0.5, 0.6) is 0 Å². The Balaban J connectivity index is 2.00. The molecule has 1 heterocycles. The quantitative estimate of drug-likeness (QED) is 0.861. The van der Waals surface area contributed by atoms with Crippen molar-refractivity contribution in [3.8, 4) is 0 Å². The van der Waals surface area contributed by atoms with Gasteiger partial charge in [-0.2, -0.15) is 0 Å². The van der Waals surface area contributed by atoms with Crippen LogP contribution in [0.15, 0.2) is 18.2 Å². The molecule has 1 unspecified atom stereocenters. The van der Waals surface area contributed by atoms with Gasteiger partial charge in [-0.15, -0.1) is 0 Å². The van der Waals surface area contributed by atoms with Gasteiger partial charge in [-0.3, -0.25) is 9.59 Å². The summed E-state index contributed by atoms with van der Waals surface area (Å²) in [5.74, 6) is -0.267. The second-order valence-electron chi connectivity index (χ2n) is 8.24. The molecule has 1 aromatic carbocycles. The highest BCUT2D eigenvalue weighted by atomic mass is 16.2. The maximum Gasteiger partial charge on any atom is 0.227 e. The molecule has 1 aromatic rings. The lowest BCUT2D eigenvalue weighted by Crippen LogP contribution is -2.42. The summed E-state index contributed by atoms with van der Waals surface area (Å²) in [4.78, 5) is 28.9. The summed E-state index contributed by atoms with van der Waals surface area (Å²) in [6, 6.07) is 5.96. The maximum absolute atomic E-state index is 12.5. The summed E-state index contributed by atoms with van der Waals surface area (Å²) in [7, 11) is 4.06.